The van der Waals surface area contributed by atoms with Gasteiger partial charge < -0.3 is 5.32 Å². The lowest BCUT2D eigenvalue weighted by Gasteiger charge is -2.20. The molecule has 0 saturated carbocycles. The van der Waals surface area contributed by atoms with Crippen LogP contribution in [0.2, 0.25) is 0 Å². The lowest BCUT2D eigenvalue weighted by atomic mass is 9.83. The zero-order valence-corrected chi connectivity index (χ0v) is 15.4. The number of anilines is 1. The van der Waals surface area contributed by atoms with Crippen LogP contribution in [-0.2, 0) is 17.8 Å². The Hall–Kier alpha value is -3.60. The zero-order valence-electron chi connectivity index (χ0n) is 15.4. The van der Waals surface area contributed by atoms with Gasteiger partial charge >= 0.3 is 0 Å². The van der Waals surface area contributed by atoms with Crippen LogP contribution in [0.5, 0.6) is 0 Å². The van der Waals surface area contributed by atoms with E-state index in [-0.39, 0.29) is 29.6 Å². The highest BCUT2D eigenvalue weighted by molar-refractivity contribution is 6.30. The molecule has 1 heterocycles. The fourth-order valence-corrected chi connectivity index (χ4v) is 3.43. The van der Waals surface area contributed by atoms with Crippen LogP contribution in [0, 0.1) is 0 Å². The molecule has 3 aromatic rings. The SMILES string of the molecule is CCc1cc[n+](CC(=O)Nc2cccc3c2C(=O)c2ccccc2C3=O)cc1. The third-order valence-electron chi connectivity index (χ3n) is 4.92. The van der Waals surface area contributed by atoms with E-state index < -0.39 is 0 Å². The molecule has 0 spiro atoms. The summed E-state index contributed by atoms with van der Waals surface area (Å²) in [6.45, 7) is 2.19. The number of nitrogens with one attached hydrogen (secondary N) is 1. The van der Waals surface area contributed by atoms with Crippen LogP contribution in [0.3, 0.4) is 0 Å². The predicted octanol–water partition coefficient (Wildman–Crippen LogP) is 2.95. The number of fused-ring (bicyclic) bond motifs is 2. The number of aromatic nitrogens is 1. The second kappa shape index (κ2) is 7.19. The number of hydrogen-bond donors (Lipinski definition) is 1. The summed E-state index contributed by atoms with van der Waals surface area (Å²) >= 11 is 0. The Balaban J connectivity index is 1.62. The molecule has 5 nitrogen and oxygen atoms in total. The Labute approximate surface area is 162 Å². The lowest BCUT2D eigenvalue weighted by molar-refractivity contribution is -0.684. The molecule has 5 heteroatoms. The number of rotatable bonds is 4. The number of aryl methyl sites for hydroxylation is 1. The average Bonchev–Trinajstić information content (AvgIpc) is 2.72. The number of carbonyl (C=O) groups excluding carboxylic acids is 3. The number of amides is 1. The van der Waals surface area contributed by atoms with E-state index >= 15 is 0 Å². The van der Waals surface area contributed by atoms with E-state index in [0.29, 0.717) is 22.4 Å². The molecular formula is C23H19N2O3+. The van der Waals surface area contributed by atoms with E-state index in [1.165, 1.54) is 5.56 Å². The first-order chi connectivity index (χ1) is 13.6. The van der Waals surface area contributed by atoms with Gasteiger partial charge in [0.15, 0.2) is 24.0 Å². The highest BCUT2D eigenvalue weighted by Crippen LogP contribution is 2.31. The fraction of sp³-hybridized carbons (Fsp3) is 0.130. The van der Waals surface area contributed by atoms with E-state index in [1.807, 2.05) is 24.5 Å². The standard InChI is InChI=1S/C23H18N2O3/c1-2-15-10-12-25(13-11-15)14-20(26)24-19-9-5-8-18-21(19)23(28)17-7-4-3-6-16(17)22(18)27/h3-13H,2,14H2,1H3/p+1. The molecule has 0 fully saturated rings. The Morgan fingerprint density at radius 1 is 0.857 bits per heavy atom. The van der Waals surface area contributed by atoms with Crippen LogP contribution in [0.4, 0.5) is 5.69 Å². The molecule has 0 atom stereocenters. The molecule has 28 heavy (non-hydrogen) atoms. The van der Waals surface area contributed by atoms with Gasteiger partial charge in [0, 0.05) is 28.8 Å². The van der Waals surface area contributed by atoms with Crippen LogP contribution in [0.1, 0.15) is 44.3 Å². The molecule has 0 bridgehead atoms. The summed E-state index contributed by atoms with van der Waals surface area (Å²) in [7, 11) is 0. The van der Waals surface area contributed by atoms with Crippen molar-refractivity contribution in [1.29, 1.82) is 0 Å². The van der Waals surface area contributed by atoms with Gasteiger partial charge in [-0.2, -0.15) is 4.57 Å². The molecule has 2 aromatic carbocycles. The highest BCUT2D eigenvalue weighted by atomic mass is 16.2. The maximum Gasteiger partial charge on any atom is 0.290 e. The van der Waals surface area contributed by atoms with Crippen molar-refractivity contribution in [2.75, 3.05) is 5.32 Å². The van der Waals surface area contributed by atoms with Crippen molar-refractivity contribution in [2.24, 2.45) is 0 Å². The van der Waals surface area contributed by atoms with Gasteiger partial charge in [0.25, 0.3) is 5.91 Å². The Morgan fingerprint density at radius 2 is 1.50 bits per heavy atom. The normalized spacial score (nSPS) is 12.3. The Kier molecular flexibility index (Phi) is 4.57. The first-order valence-corrected chi connectivity index (χ1v) is 9.17. The molecular weight excluding hydrogens is 352 g/mol. The minimum absolute atomic E-state index is 0.117. The van der Waals surface area contributed by atoms with Gasteiger partial charge in [-0.15, -0.1) is 0 Å². The van der Waals surface area contributed by atoms with E-state index in [9.17, 15) is 14.4 Å². The van der Waals surface area contributed by atoms with Crippen LogP contribution >= 0.6 is 0 Å². The summed E-state index contributed by atoms with van der Waals surface area (Å²) < 4.78 is 1.77. The minimum atomic E-state index is -0.262. The van der Waals surface area contributed by atoms with E-state index in [2.05, 4.69) is 12.2 Å². The van der Waals surface area contributed by atoms with E-state index in [4.69, 9.17) is 0 Å². The first kappa shape index (κ1) is 17.8. The lowest BCUT2D eigenvalue weighted by Crippen LogP contribution is -2.39. The van der Waals surface area contributed by atoms with E-state index in [1.54, 1.807) is 47.0 Å². The summed E-state index contributed by atoms with van der Waals surface area (Å²) in [6, 6.07) is 15.7. The van der Waals surface area contributed by atoms with Crippen molar-refractivity contribution >= 4 is 23.2 Å². The van der Waals surface area contributed by atoms with Crippen molar-refractivity contribution in [3.8, 4) is 0 Å². The van der Waals surface area contributed by atoms with Crippen LogP contribution in [0.15, 0.2) is 67.0 Å². The third kappa shape index (κ3) is 3.11. The number of nitrogens with zero attached hydrogens (tertiary/aromatic N) is 1. The molecule has 0 saturated heterocycles. The number of pyridine rings is 1. The summed E-state index contributed by atoms with van der Waals surface area (Å²) in [5, 5.41) is 2.80. The maximum atomic E-state index is 13.0. The molecule has 1 amide bonds. The molecule has 0 unspecified atom stereocenters. The highest BCUT2D eigenvalue weighted by Gasteiger charge is 2.31. The van der Waals surface area contributed by atoms with Crippen molar-refractivity contribution in [3.63, 3.8) is 0 Å². The zero-order chi connectivity index (χ0) is 19.7. The maximum absolute atomic E-state index is 13.0. The van der Waals surface area contributed by atoms with Crippen LogP contribution in [-0.4, -0.2) is 17.5 Å². The summed E-state index contributed by atoms with van der Waals surface area (Å²) in [5.74, 6) is -0.714. The molecule has 0 radical (unpaired) electrons. The van der Waals surface area contributed by atoms with Crippen molar-refractivity contribution < 1.29 is 19.0 Å². The molecule has 1 N–H and O–H groups in total. The van der Waals surface area contributed by atoms with E-state index in [0.717, 1.165) is 6.42 Å². The summed E-state index contributed by atoms with van der Waals surface area (Å²) in [4.78, 5) is 38.3. The third-order valence-corrected chi connectivity index (χ3v) is 4.92. The molecule has 4 rings (SSSR count). The molecule has 138 valence electrons. The van der Waals surface area contributed by atoms with Gasteiger partial charge in [0.1, 0.15) is 0 Å². The Bertz CT molecular complexity index is 1100. The average molecular weight is 371 g/mol. The van der Waals surface area contributed by atoms with Crippen LogP contribution in [0.25, 0.3) is 0 Å². The van der Waals surface area contributed by atoms with Gasteiger partial charge in [-0.05, 0) is 18.1 Å². The van der Waals surface area contributed by atoms with Gasteiger partial charge in [-0.25, -0.2) is 0 Å². The quantitative estimate of drug-likeness (QED) is 0.561. The van der Waals surface area contributed by atoms with Crippen molar-refractivity contribution in [1.82, 2.24) is 0 Å². The second-order valence-corrected chi connectivity index (χ2v) is 6.71. The molecule has 0 aliphatic heterocycles. The molecule has 1 aliphatic rings. The number of ketones is 2. The van der Waals surface area contributed by atoms with Gasteiger partial charge in [0.05, 0.1) is 11.3 Å². The fourth-order valence-electron chi connectivity index (χ4n) is 3.43. The largest absolute Gasteiger partial charge is 0.320 e. The first-order valence-electron chi connectivity index (χ1n) is 9.17. The molecule has 1 aromatic heterocycles. The second-order valence-electron chi connectivity index (χ2n) is 6.71. The number of hydrogen-bond acceptors (Lipinski definition) is 3. The Morgan fingerprint density at radius 3 is 2.18 bits per heavy atom. The number of benzene rings is 2. The smallest absolute Gasteiger partial charge is 0.290 e. The van der Waals surface area contributed by atoms with Crippen LogP contribution < -0.4 is 9.88 Å². The summed E-state index contributed by atoms with van der Waals surface area (Å²) in [6.07, 6.45) is 4.63. The monoisotopic (exact) mass is 371 g/mol. The minimum Gasteiger partial charge on any atom is -0.320 e. The topological polar surface area (TPSA) is 67.1 Å². The summed E-state index contributed by atoms with van der Waals surface area (Å²) in [5.41, 5.74) is 2.89. The number of carbonyl (C=O) groups is 3. The predicted molar refractivity (Wildman–Crippen MR) is 104 cm³/mol. The molecule has 1 aliphatic carbocycles. The van der Waals surface area contributed by atoms with Crippen molar-refractivity contribution in [2.45, 2.75) is 19.9 Å². The van der Waals surface area contributed by atoms with Gasteiger partial charge in [-0.1, -0.05) is 43.3 Å². The van der Waals surface area contributed by atoms with Gasteiger partial charge in [-0.3, -0.25) is 14.4 Å². The van der Waals surface area contributed by atoms with Crippen molar-refractivity contribution in [3.05, 3.63) is 94.8 Å². The van der Waals surface area contributed by atoms with Gasteiger partial charge in [0.2, 0.25) is 6.54 Å².